The van der Waals surface area contributed by atoms with E-state index in [2.05, 4.69) is 0 Å². The van der Waals surface area contributed by atoms with Crippen molar-refractivity contribution in [2.75, 3.05) is 0 Å². The number of phenolic OH excluding ortho intramolecular Hbond substituents is 1. The molecule has 0 unspecified atom stereocenters. The molecule has 0 amide bonds. The number of benzene rings is 1. The Balaban J connectivity index is 3.26. The first kappa shape index (κ1) is 9.78. The van der Waals surface area contributed by atoms with Crippen LogP contribution in [0.3, 0.4) is 0 Å². The maximum atomic E-state index is 11.2. The number of aromatic hydroxyl groups is 1. The summed E-state index contributed by atoms with van der Waals surface area (Å²) < 4.78 is 0. The van der Waals surface area contributed by atoms with Gasteiger partial charge in [-0.15, -0.1) is 0 Å². The molecule has 0 saturated carbocycles. The summed E-state index contributed by atoms with van der Waals surface area (Å²) in [5.74, 6) is 0.517. The van der Waals surface area contributed by atoms with Crippen LogP contribution in [0.25, 0.3) is 0 Å². The summed E-state index contributed by atoms with van der Waals surface area (Å²) in [4.78, 5) is 11.2. The molecule has 2 nitrogen and oxygen atoms in total. The van der Waals surface area contributed by atoms with Gasteiger partial charge >= 0.3 is 0 Å². The van der Waals surface area contributed by atoms with E-state index in [1.807, 2.05) is 13.8 Å². The minimum absolute atomic E-state index is 0.0451. The van der Waals surface area contributed by atoms with Gasteiger partial charge in [-0.3, -0.25) is 4.79 Å². The van der Waals surface area contributed by atoms with Crippen molar-refractivity contribution in [3.05, 3.63) is 29.3 Å². The molecule has 2 heteroatoms. The standard InChI is InChI=1S/C11H14O2/c1-7(2)11-6-9(13)4-5-10(11)8(3)12/h4-7,13H,1-3H3. The molecular formula is C11H14O2. The minimum atomic E-state index is 0.0451. The Morgan fingerprint density at radius 2 is 2.00 bits per heavy atom. The molecule has 0 aliphatic carbocycles. The number of phenols is 1. The second-order valence-corrected chi connectivity index (χ2v) is 3.48. The van der Waals surface area contributed by atoms with E-state index in [0.29, 0.717) is 5.56 Å². The van der Waals surface area contributed by atoms with Gasteiger partial charge < -0.3 is 5.11 Å². The van der Waals surface area contributed by atoms with Crippen LogP contribution < -0.4 is 0 Å². The first-order chi connectivity index (χ1) is 6.02. The lowest BCUT2D eigenvalue weighted by atomic mass is 9.95. The molecule has 1 aromatic carbocycles. The number of Topliss-reactive ketones (excluding diaryl/α,β-unsaturated/α-hetero) is 1. The van der Waals surface area contributed by atoms with E-state index in [-0.39, 0.29) is 17.5 Å². The third-order valence-corrected chi connectivity index (χ3v) is 2.04. The number of hydrogen-bond acceptors (Lipinski definition) is 2. The molecule has 0 saturated heterocycles. The van der Waals surface area contributed by atoms with Gasteiger partial charge in [0, 0.05) is 5.56 Å². The molecule has 0 bridgehead atoms. The Bertz CT molecular complexity index is 327. The minimum Gasteiger partial charge on any atom is -0.508 e. The van der Waals surface area contributed by atoms with Crippen molar-refractivity contribution in [2.45, 2.75) is 26.7 Å². The number of hydrogen-bond donors (Lipinski definition) is 1. The van der Waals surface area contributed by atoms with Crippen molar-refractivity contribution >= 4 is 5.78 Å². The van der Waals surface area contributed by atoms with Crippen molar-refractivity contribution in [1.82, 2.24) is 0 Å². The highest BCUT2D eigenvalue weighted by Crippen LogP contribution is 2.24. The van der Waals surface area contributed by atoms with Gasteiger partial charge in [0.2, 0.25) is 0 Å². The molecule has 0 aliphatic heterocycles. The second kappa shape index (κ2) is 3.60. The van der Waals surface area contributed by atoms with Gasteiger partial charge in [0.1, 0.15) is 5.75 Å². The summed E-state index contributed by atoms with van der Waals surface area (Å²) >= 11 is 0. The van der Waals surface area contributed by atoms with Crippen LogP contribution in [0.1, 0.15) is 42.6 Å². The fraction of sp³-hybridized carbons (Fsp3) is 0.364. The highest BCUT2D eigenvalue weighted by molar-refractivity contribution is 5.95. The lowest BCUT2D eigenvalue weighted by Gasteiger charge is -2.10. The summed E-state index contributed by atoms with van der Waals surface area (Å²) in [6.07, 6.45) is 0. The van der Waals surface area contributed by atoms with E-state index in [9.17, 15) is 9.90 Å². The van der Waals surface area contributed by atoms with Gasteiger partial charge in [0.25, 0.3) is 0 Å². The van der Waals surface area contributed by atoms with Gasteiger partial charge in [-0.1, -0.05) is 13.8 Å². The van der Waals surface area contributed by atoms with Crippen LogP contribution in [0.15, 0.2) is 18.2 Å². The maximum Gasteiger partial charge on any atom is 0.160 e. The van der Waals surface area contributed by atoms with Crippen molar-refractivity contribution in [3.63, 3.8) is 0 Å². The van der Waals surface area contributed by atoms with Gasteiger partial charge in [-0.25, -0.2) is 0 Å². The van der Waals surface area contributed by atoms with Crippen LogP contribution in [0, 0.1) is 0 Å². The topological polar surface area (TPSA) is 37.3 Å². The largest absolute Gasteiger partial charge is 0.508 e. The van der Waals surface area contributed by atoms with Crippen LogP contribution in [0.4, 0.5) is 0 Å². The van der Waals surface area contributed by atoms with Crippen LogP contribution in [0.5, 0.6) is 5.75 Å². The second-order valence-electron chi connectivity index (χ2n) is 3.48. The maximum absolute atomic E-state index is 11.2. The van der Waals surface area contributed by atoms with E-state index < -0.39 is 0 Å². The molecular weight excluding hydrogens is 164 g/mol. The molecule has 1 N–H and O–H groups in total. The Morgan fingerprint density at radius 3 is 2.46 bits per heavy atom. The average molecular weight is 178 g/mol. The molecule has 0 aromatic heterocycles. The summed E-state index contributed by atoms with van der Waals surface area (Å²) in [6.45, 7) is 5.54. The van der Waals surface area contributed by atoms with Gasteiger partial charge in [0.15, 0.2) is 5.78 Å². The predicted octanol–water partition coefficient (Wildman–Crippen LogP) is 2.72. The zero-order valence-corrected chi connectivity index (χ0v) is 8.16. The molecule has 1 aromatic rings. The van der Waals surface area contributed by atoms with Crippen LogP contribution >= 0.6 is 0 Å². The molecule has 0 heterocycles. The summed E-state index contributed by atoms with van der Waals surface area (Å²) in [6, 6.07) is 4.87. The summed E-state index contributed by atoms with van der Waals surface area (Å²) in [7, 11) is 0. The van der Waals surface area contributed by atoms with E-state index in [1.165, 1.54) is 6.92 Å². The fourth-order valence-corrected chi connectivity index (χ4v) is 1.35. The molecule has 70 valence electrons. The van der Waals surface area contributed by atoms with E-state index in [1.54, 1.807) is 18.2 Å². The molecule has 1 rings (SSSR count). The number of rotatable bonds is 2. The smallest absolute Gasteiger partial charge is 0.160 e. The van der Waals surface area contributed by atoms with Crippen molar-refractivity contribution in [2.24, 2.45) is 0 Å². The van der Waals surface area contributed by atoms with E-state index >= 15 is 0 Å². The van der Waals surface area contributed by atoms with E-state index in [4.69, 9.17) is 0 Å². The fourth-order valence-electron chi connectivity index (χ4n) is 1.35. The van der Waals surface area contributed by atoms with Crippen molar-refractivity contribution in [3.8, 4) is 5.75 Å². The Morgan fingerprint density at radius 1 is 1.38 bits per heavy atom. The van der Waals surface area contributed by atoms with Crippen LogP contribution in [0.2, 0.25) is 0 Å². The first-order valence-corrected chi connectivity index (χ1v) is 4.36. The molecule has 0 aliphatic rings. The highest BCUT2D eigenvalue weighted by atomic mass is 16.3. The van der Waals surface area contributed by atoms with E-state index in [0.717, 1.165) is 5.56 Å². The lowest BCUT2D eigenvalue weighted by molar-refractivity contribution is 0.101. The first-order valence-electron chi connectivity index (χ1n) is 4.36. The third kappa shape index (κ3) is 2.08. The predicted molar refractivity (Wildman–Crippen MR) is 52.2 cm³/mol. The SMILES string of the molecule is CC(=O)c1ccc(O)cc1C(C)C. The average Bonchev–Trinajstić information content (AvgIpc) is 2.03. The monoisotopic (exact) mass is 178 g/mol. The Labute approximate surface area is 78.2 Å². The molecule has 13 heavy (non-hydrogen) atoms. The lowest BCUT2D eigenvalue weighted by Crippen LogP contribution is -2.00. The summed E-state index contributed by atoms with van der Waals surface area (Å²) in [5.41, 5.74) is 1.61. The molecule has 0 spiro atoms. The molecule has 0 radical (unpaired) electrons. The highest BCUT2D eigenvalue weighted by Gasteiger charge is 2.10. The Kier molecular flexibility index (Phi) is 2.71. The number of carbonyl (C=O) groups excluding carboxylic acids is 1. The Hall–Kier alpha value is -1.31. The zero-order chi connectivity index (χ0) is 10.0. The van der Waals surface area contributed by atoms with Crippen LogP contribution in [-0.4, -0.2) is 10.9 Å². The van der Waals surface area contributed by atoms with Crippen molar-refractivity contribution in [1.29, 1.82) is 0 Å². The number of ketones is 1. The zero-order valence-electron chi connectivity index (χ0n) is 8.16. The van der Waals surface area contributed by atoms with Gasteiger partial charge in [0.05, 0.1) is 0 Å². The van der Waals surface area contributed by atoms with Crippen molar-refractivity contribution < 1.29 is 9.90 Å². The number of carbonyl (C=O) groups is 1. The third-order valence-electron chi connectivity index (χ3n) is 2.04. The summed E-state index contributed by atoms with van der Waals surface area (Å²) in [5, 5.41) is 9.26. The van der Waals surface area contributed by atoms with Gasteiger partial charge in [-0.05, 0) is 36.6 Å². The quantitative estimate of drug-likeness (QED) is 0.707. The molecule has 0 fully saturated rings. The van der Waals surface area contributed by atoms with Crippen LogP contribution in [-0.2, 0) is 0 Å². The van der Waals surface area contributed by atoms with Gasteiger partial charge in [-0.2, -0.15) is 0 Å². The molecule has 0 atom stereocenters. The normalized spacial score (nSPS) is 10.5.